The van der Waals surface area contributed by atoms with E-state index in [0.717, 1.165) is 21.2 Å². The zero-order valence-electron chi connectivity index (χ0n) is 11.6. The zero-order valence-corrected chi connectivity index (χ0v) is 12.5. The Bertz CT molecular complexity index is 859. The van der Waals surface area contributed by atoms with Crippen LogP contribution in [-0.2, 0) is 16.6 Å². The lowest BCUT2D eigenvalue weighted by Crippen LogP contribution is -1.97. The summed E-state index contributed by atoms with van der Waals surface area (Å²) >= 11 is 0. The highest BCUT2D eigenvalue weighted by Crippen LogP contribution is 2.20. The number of nitrogens with zero attached hydrogens (tertiary/aromatic N) is 1. The highest BCUT2D eigenvalue weighted by atomic mass is 32.2. The summed E-state index contributed by atoms with van der Waals surface area (Å²) in [4.78, 5) is 10.9. The normalized spacial score (nSPS) is 12.2. The van der Waals surface area contributed by atoms with Gasteiger partial charge in [0.15, 0.2) is 0 Å². The third kappa shape index (κ3) is 3.04. The molecular formula is C17H13NO3S. The van der Waals surface area contributed by atoms with Gasteiger partial charge in [-0.2, -0.15) is 0 Å². The molecule has 0 fully saturated rings. The Labute approximate surface area is 130 Å². The van der Waals surface area contributed by atoms with Crippen LogP contribution in [0.3, 0.4) is 0 Å². The maximum absolute atomic E-state index is 12.5. The van der Waals surface area contributed by atoms with Gasteiger partial charge < -0.3 is 0 Å². The fraction of sp³-hybridized carbons (Fsp3) is 0.0588. The molecule has 1 atom stereocenters. The van der Waals surface area contributed by atoms with Gasteiger partial charge in [-0.25, -0.2) is 0 Å². The third-order valence-corrected chi connectivity index (χ3v) is 4.80. The van der Waals surface area contributed by atoms with E-state index in [1.54, 1.807) is 12.1 Å². The number of fused-ring (bicyclic) bond motifs is 1. The average molecular weight is 311 g/mol. The summed E-state index contributed by atoms with van der Waals surface area (Å²) in [6.45, 7) is 0. The predicted molar refractivity (Wildman–Crippen MR) is 87.2 cm³/mol. The molecule has 3 rings (SSSR count). The number of nitro benzene ring substituents is 1. The molecule has 1 unspecified atom stereocenters. The van der Waals surface area contributed by atoms with Gasteiger partial charge in [-0.1, -0.05) is 42.5 Å². The summed E-state index contributed by atoms with van der Waals surface area (Å²) in [6.07, 6.45) is 0. The molecule has 5 heteroatoms. The molecule has 4 nitrogen and oxygen atoms in total. The minimum absolute atomic E-state index is 0.0419. The van der Waals surface area contributed by atoms with E-state index >= 15 is 0 Å². The van der Waals surface area contributed by atoms with Crippen LogP contribution in [0, 0.1) is 10.1 Å². The second-order valence-electron chi connectivity index (χ2n) is 4.92. The van der Waals surface area contributed by atoms with Gasteiger partial charge in [0.05, 0.1) is 21.5 Å². The third-order valence-electron chi connectivity index (χ3n) is 3.43. The summed E-state index contributed by atoms with van der Waals surface area (Å²) in [5, 5.41) is 12.8. The quantitative estimate of drug-likeness (QED) is 0.539. The maximum atomic E-state index is 12.5. The van der Waals surface area contributed by atoms with Gasteiger partial charge in [0.25, 0.3) is 5.69 Å². The number of hydrogen-bond donors (Lipinski definition) is 0. The average Bonchev–Trinajstić information content (AvgIpc) is 2.55. The molecule has 0 bridgehead atoms. The standard InChI is InChI=1S/C17H13NO3S/c19-18(20)16-8-5-13(6-9-16)12-22(21)17-10-7-14-3-1-2-4-15(14)11-17/h1-11H,12H2. The SMILES string of the molecule is O=[N+]([O-])c1ccc(CS(=O)c2ccc3ccccc3c2)cc1. The largest absolute Gasteiger partial charge is 0.269 e. The highest BCUT2D eigenvalue weighted by molar-refractivity contribution is 7.84. The van der Waals surface area contributed by atoms with Crippen LogP contribution in [-0.4, -0.2) is 9.13 Å². The smallest absolute Gasteiger partial charge is 0.258 e. The second kappa shape index (κ2) is 6.07. The summed E-state index contributed by atoms with van der Waals surface area (Å²) in [7, 11) is -1.18. The van der Waals surface area contributed by atoms with E-state index in [4.69, 9.17) is 0 Å². The number of nitro groups is 1. The molecule has 3 aromatic rings. The molecule has 0 N–H and O–H groups in total. The van der Waals surface area contributed by atoms with Gasteiger partial charge >= 0.3 is 0 Å². The molecule has 0 amide bonds. The lowest BCUT2D eigenvalue weighted by atomic mass is 10.1. The van der Waals surface area contributed by atoms with Crippen LogP contribution >= 0.6 is 0 Å². The summed E-state index contributed by atoms with van der Waals surface area (Å²) in [5.41, 5.74) is 0.859. The Morgan fingerprint density at radius 3 is 2.27 bits per heavy atom. The van der Waals surface area contributed by atoms with Crippen LogP contribution in [0.1, 0.15) is 5.56 Å². The molecule has 0 heterocycles. The number of benzene rings is 3. The van der Waals surface area contributed by atoms with Gasteiger partial charge in [0.1, 0.15) is 0 Å². The van der Waals surface area contributed by atoms with E-state index in [1.165, 1.54) is 12.1 Å². The fourth-order valence-corrected chi connectivity index (χ4v) is 3.40. The number of non-ortho nitro benzene ring substituents is 1. The van der Waals surface area contributed by atoms with Crippen molar-refractivity contribution in [1.29, 1.82) is 0 Å². The second-order valence-corrected chi connectivity index (χ2v) is 6.37. The Balaban J connectivity index is 1.81. The van der Waals surface area contributed by atoms with Crippen molar-refractivity contribution >= 4 is 27.3 Å². The molecule has 110 valence electrons. The van der Waals surface area contributed by atoms with Crippen molar-refractivity contribution in [2.45, 2.75) is 10.6 Å². The zero-order chi connectivity index (χ0) is 15.5. The van der Waals surface area contributed by atoms with Crippen molar-refractivity contribution < 1.29 is 9.13 Å². The highest BCUT2D eigenvalue weighted by Gasteiger charge is 2.08. The molecule has 0 aliphatic heterocycles. The molecule has 0 aromatic heterocycles. The molecule has 0 aliphatic rings. The van der Waals surface area contributed by atoms with E-state index in [9.17, 15) is 14.3 Å². The monoisotopic (exact) mass is 311 g/mol. The predicted octanol–water partition coefficient (Wildman–Crippen LogP) is 4.06. The van der Waals surface area contributed by atoms with Crippen LogP contribution < -0.4 is 0 Å². The van der Waals surface area contributed by atoms with Crippen molar-refractivity contribution in [3.63, 3.8) is 0 Å². The molecule has 3 aromatic carbocycles. The van der Waals surface area contributed by atoms with E-state index in [-0.39, 0.29) is 5.69 Å². The first-order valence-corrected chi connectivity index (χ1v) is 8.06. The van der Waals surface area contributed by atoms with E-state index in [0.29, 0.717) is 5.75 Å². The summed E-state index contributed by atoms with van der Waals surface area (Å²) in [6, 6.07) is 19.8. The Kier molecular flexibility index (Phi) is 3.98. The fourth-order valence-electron chi connectivity index (χ4n) is 2.26. The first-order valence-electron chi connectivity index (χ1n) is 6.74. The van der Waals surface area contributed by atoms with Crippen LogP contribution in [0.15, 0.2) is 71.6 Å². The first-order chi connectivity index (χ1) is 10.6. The van der Waals surface area contributed by atoms with Crippen molar-refractivity contribution in [3.05, 3.63) is 82.4 Å². The first kappa shape index (κ1) is 14.4. The molecule has 0 spiro atoms. The van der Waals surface area contributed by atoms with Crippen LogP contribution in [0.5, 0.6) is 0 Å². The van der Waals surface area contributed by atoms with Crippen molar-refractivity contribution in [2.75, 3.05) is 0 Å². The Morgan fingerprint density at radius 2 is 1.59 bits per heavy atom. The lowest BCUT2D eigenvalue weighted by Gasteiger charge is -2.05. The molecule has 22 heavy (non-hydrogen) atoms. The minimum atomic E-state index is -1.18. The van der Waals surface area contributed by atoms with E-state index < -0.39 is 15.7 Å². The number of hydrogen-bond acceptors (Lipinski definition) is 3. The summed E-state index contributed by atoms with van der Waals surface area (Å²) in [5.74, 6) is 0.344. The van der Waals surface area contributed by atoms with Crippen molar-refractivity contribution in [3.8, 4) is 0 Å². The number of rotatable bonds is 4. The molecule has 0 saturated heterocycles. The molecule has 0 aliphatic carbocycles. The topological polar surface area (TPSA) is 60.2 Å². The Hall–Kier alpha value is -2.53. The maximum Gasteiger partial charge on any atom is 0.269 e. The van der Waals surface area contributed by atoms with Gasteiger partial charge in [-0.15, -0.1) is 0 Å². The van der Waals surface area contributed by atoms with Crippen LogP contribution in [0.2, 0.25) is 0 Å². The molecule has 0 radical (unpaired) electrons. The van der Waals surface area contributed by atoms with Crippen molar-refractivity contribution in [2.24, 2.45) is 0 Å². The van der Waals surface area contributed by atoms with E-state index in [2.05, 4.69) is 0 Å². The lowest BCUT2D eigenvalue weighted by molar-refractivity contribution is -0.384. The van der Waals surface area contributed by atoms with E-state index in [1.807, 2.05) is 42.5 Å². The Morgan fingerprint density at radius 1 is 0.909 bits per heavy atom. The van der Waals surface area contributed by atoms with Crippen LogP contribution in [0.4, 0.5) is 5.69 Å². The van der Waals surface area contributed by atoms with Crippen molar-refractivity contribution in [1.82, 2.24) is 0 Å². The molecular weight excluding hydrogens is 298 g/mol. The summed E-state index contributed by atoms with van der Waals surface area (Å²) < 4.78 is 12.5. The van der Waals surface area contributed by atoms with Gasteiger partial charge in [0, 0.05) is 17.0 Å². The van der Waals surface area contributed by atoms with Crippen LogP contribution in [0.25, 0.3) is 10.8 Å². The van der Waals surface area contributed by atoms with Gasteiger partial charge in [0.2, 0.25) is 0 Å². The van der Waals surface area contributed by atoms with Gasteiger partial charge in [-0.05, 0) is 28.5 Å². The molecule has 0 saturated carbocycles. The van der Waals surface area contributed by atoms with Gasteiger partial charge in [-0.3, -0.25) is 14.3 Å². The minimum Gasteiger partial charge on any atom is -0.258 e.